The largest absolute Gasteiger partial charge is 0.573 e. The van der Waals surface area contributed by atoms with Crippen LogP contribution in [0.25, 0.3) is 0 Å². The number of nitrogens with zero attached hydrogens (tertiary/aromatic N) is 5. The number of hydrogen-bond acceptors (Lipinski definition) is 8. The first-order valence-corrected chi connectivity index (χ1v) is 12.0. The summed E-state index contributed by atoms with van der Waals surface area (Å²) in [6.45, 7) is 4.66. The molecule has 3 aromatic rings. The smallest absolute Gasteiger partial charge is 0.425 e. The van der Waals surface area contributed by atoms with Crippen molar-refractivity contribution in [2.24, 2.45) is 0 Å². The number of imidazole rings is 1. The van der Waals surface area contributed by atoms with Crippen LogP contribution in [-0.2, 0) is 11.3 Å². The summed E-state index contributed by atoms with van der Waals surface area (Å²) in [6.07, 6.45) is -2.84. The Morgan fingerprint density at radius 2 is 1.89 bits per heavy atom. The van der Waals surface area contributed by atoms with Gasteiger partial charge in [0, 0.05) is 37.7 Å². The maximum atomic E-state index is 13.8. The monoisotopic (exact) mass is 535 g/mol. The highest BCUT2D eigenvalue weighted by molar-refractivity contribution is 5.98. The topological polar surface area (TPSA) is 102 Å². The van der Waals surface area contributed by atoms with Gasteiger partial charge in [-0.3, -0.25) is 14.3 Å². The molecule has 1 aliphatic heterocycles. The Bertz CT molecular complexity index is 1250. The van der Waals surface area contributed by atoms with Gasteiger partial charge < -0.3 is 29.1 Å². The minimum atomic E-state index is -4.86. The van der Waals surface area contributed by atoms with E-state index in [1.54, 1.807) is 15.7 Å². The lowest BCUT2D eigenvalue weighted by Crippen LogP contribution is -2.41. The Morgan fingerprint density at radius 1 is 1.13 bits per heavy atom. The van der Waals surface area contributed by atoms with E-state index in [0.29, 0.717) is 18.8 Å². The molecule has 10 nitrogen and oxygen atoms in total. The lowest BCUT2D eigenvalue weighted by molar-refractivity contribution is -0.274. The van der Waals surface area contributed by atoms with E-state index in [-0.39, 0.29) is 56.5 Å². The summed E-state index contributed by atoms with van der Waals surface area (Å²) in [5, 5.41) is 9.31. The van der Waals surface area contributed by atoms with Crippen LogP contribution in [-0.4, -0.2) is 70.0 Å². The van der Waals surface area contributed by atoms with Gasteiger partial charge in [-0.2, -0.15) is 4.98 Å². The number of fused-ring (bicyclic) bond motifs is 1. The average Bonchev–Trinajstić information content (AvgIpc) is 3.19. The summed E-state index contributed by atoms with van der Waals surface area (Å²) in [5.41, 5.74) is 1.80. The molecule has 2 aromatic heterocycles. The van der Waals surface area contributed by atoms with Crippen LogP contribution in [0.5, 0.6) is 17.5 Å². The molecule has 1 amide bonds. The van der Waals surface area contributed by atoms with Crippen molar-refractivity contribution in [2.45, 2.75) is 33.2 Å². The summed E-state index contributed by atoms with van der Waals surface area (Å²) in [5.74, 6) is -0.493. The summed E-state index contributed by atoms with van der Waals surface area (Å²) in [7, 11) is 0. The molecule has 0 radical (unpaired) electrons. The third-order valence-corrected chi connectivity index (χ3v) is 5.73. The van der Waals surface area contributed by atoms with Crippen LogP contribution in [0.3, 0.4) is 0 Å². The number of aromatic nitrogens is 3. The van der Waals surface area contributed by atoms with Crippen molar-refractivity contribution in [3.8, 4) is 17.5 Å². The van der Waals surface area contributed by atoms with Crippen molar-refractivity contribution in [1.82, 2.24) is 19.4 Å². The van der Waals surface area contributed by atoms with Gasteiger partial charge in [0.15, 0.2) is 11.5 Å². The van der Waals surface area contributed by atoms with Crippen LogP contribution in [0.15, 0.2) is 42.6 Å². The maximum absolute atomic E-state index is 13.8. The van der Waals surface area contributed by atoms with Gasteiger partial charge in [-0.25, -0.2) is 0 Å². The highest BCUT2D eigenvalue weighted by Gasteiger charge is 2.33. The van der Waals surface area contributed by atoms with Crippen molar-refractivity contribution < 1.29 is 37.3 Å². The lowest BCUT2D eigenvalue weighted by atomic mass is 10.2. The predicted octanol–water partition coefficient (Wildman–Crippen LogP) is 3.92. The Hall–Kier alpha value is -3.84. The molecule has 38 heavy (non-hydrogen) atoms. The fourth-order valence-electron chi connectivity index (χ4n) is 3.89. The Labute approximate surface area is 217 Å². The van der Waals surface area contributed by atoms with Gasteiger partial charge in [0.1, 0.15) is 25.0 Å². The number of carbonyl (C=O) groups is 1. The van der Waals surface area contributed by atoms with E-state index >= 15 is 0 Å². The number of rotatable bonds is 9. The van der Waals surface area contributed by atoms with Crippen LogP contribution >= 0.6 is 0 Å². The zero-order valence-electron chi connectivity index (χ0n) is 20.9. The SMILES string of the molecule is CCN1COCN(CCCO)C(=O)c2c1nc(Oc1cccc(OC(F)(F)F)c1)n2Cc1ccc(C)nc1. The summed E-state index contributed by atoms with van der Waals surface area (Å²) >= 11 is 0. The zero-order chi connectivity index (χ0) is 27.3. The van der Waals surface area contributed by atoms with E-state index in [0.717, 1.165) is 23.4 Å². The van der Waals surface area contributed by atoms with Gasteiger partial charge in [-0.1, -0.05) is 12.1 Å². The number of alkyl halides is 3. The van der Waals surface area contributed by atoms with Crippen molar-refractivity contribution in [3.63, 3.8) is 0 Å². The van der Waals surface area contributed by atoms with E-state index in [4.69, 9.17) is 9.47 Å². The number of aliphatic hydroxyl groups excluding tert-OH is 1. The minimum Gasteiger partial charge on any atom is -0.425 e. The summed E-state index contributed by atoms with van der Waals surface area (Å²) in [4.78, 5) is 25.9. The lowest BCUT2D eigenvalue weighted by Gasteiger charge is -2.30. The van der Waals surface area contributed by atoms with Crippen molar-refractivity contribution in [2.75, 3.05) is 38.1 Å². The van der Waals surface area contributed by atoms with Gasteiger partial charge >= 0.3 is 12.4 Å². The first-order valence-electron chi connectivity index (χ1n) is 12.0. The first-order chi connectivity index (χ1) is 18.2. The molecule has 0 unspecified atom stereocenters. The second kappa shape index (κ2) is 11.7. The minimum absolute atomic E-state index is 0.00413. The molecule has 13 heteroatoms. The molecule has 0 spiro atoms. The van der Waals surface area contributed by atoms with Crippen LogP contribution in [0.1, 0.15) is 35.1 Å². The van der Waals surface area contributed by atoms with Gasteiger partial charge in [0.05, 0.1) is 6.54 Å². The first kappa shape index (κ1) is 27.2. The highest BCUT2D eigenvalue weighted by Crippen LogP contribution is 2.34. The Balaban J connectivity index is 1.80. The molecule has 1 aromatic carbocycles. The van der Waals surface area contributed by atoms with Crippen molar-refractivity contribution in [3.05, 3.63) is 59.5 Å². The Kier molecular flexibility index (Phi) is 8.37. The summed E-state index contributed by atoms with van der Waals surface area (Å²) < 4.78 is 55.5. The number of pyridine rings is 1. The number of ether oxygens (including phenoxy) is 3. The maximum Gasteiger partial charge on any atom is 0.573 e. The number of aliphatic hydroxyl groups is 1. The van der Waals surface area contributed by atoms with E-state index < -0.39 is 12.1 Å². The van der Waals surface area contributed by atoms with E-state index in [9.17, 15) is 23.1 Å². The second-order valence-corrected chi connectivity index (χ2v) is 8.55. The molecule has 0 fully saturated rings. The number of amides is 1. The zero-order valence-corrected chi connectivity index (χ0v) is 20.9. The predicted molar refractivity (Wildman–Crippen MR) is 130 cm³/mol. The quantitative estimate of drug-likeness (QED) is 0.440. The average molecular weight is 536 g/mol. The van der Waals surface area contributed by atoms with Crippen molar-refractivity contribution >= 4 is 11.7 Å². The van der Waals surface area contributed by atoms with E-state index in [1.807, 2.05) is 26.0 Å². The highest BCUT2D eigenvalue weighted by atomic mass is 19.4. The van der Waals surface area contributed by atoms with Gasteiger partial charge in [0.25, 0.3) is 5.91 Å². The number of benzene rings is 1. The third kappa shape index (κ3) is 6.53. The van der Waals surface area contributed by atoms with Crippen LogP contribution in [0, 0.1) is 6.92 Å². The third-order valence-electron chi connectivity index (χ3n) is 5.73. The van der Waals surface area contributed by atoms with E-state index in [2.05, 4.69) is 14.7 Å². The standard InChI is InChI=1S/C25H28F3N5O5/c1-3-31-15-36-16-32(10-5-11-34)23(35)21-22(31)30-24(33(21)14-18-9-8-17(2)29-13-18)37-19-6-4-7-20(12-19)38-25(26,27)28/h4,6-9,12-13,34H,3,5,10-11,14-16H2,1-2H3. The number of carbonyl (C=O) groups excluding carboxylic acids is 1. The molecular formula is C25H28F3N5O5. The second-order valence-electron chi connectivity index (χ2n) is 8.55. The molecule has 1 N–H and O–H groups in total. The number of anilines is 1. The molecular weight excluding hydrogens is 507 g/mol. The molecule has 0 saturated carbocycles. The van der Waals surface area contributed by atoms with E-state index in [1.165, 1.54) is 17.0 Å². The molecule has 3 heterocycles. The number of hydrogen-bond donors (Lipinski definition) is 1. The number of halogens is 3. The molecule has 0 aliphatic carbocycles. The van der Waals surface area contributed by atoms with Gasteiger partial charge in [-0.05, 0) is 44.0 Å². The molecule has 204 valence electrons. The fraction of sp³-hybridized carbons (Fsp3) is 0.400. The molecule has 1 aliphatic rings. The normalized spacial score (nSPS) is 14.2. The molecule has 0 bridgehead atoms. The Morgan fingerprint density at radius 3 is 2.58 bits per heavy atom. The number of aryl methyl sites for hydroxylation is 1. The van der Waals surface area contributed by atoms with Crippen molar-refractivity contribution in [1.29, 1.82) is 0 Å². The summed E-state index contributed by atoms with van der Waals surface area (Å²) in [6, 6.07) is 8.75. The fourth-order valence-corrected chi connectivity index (χ4v) is 3.89. The van der Waals surface area contributed by atoms with Crippen LogP contribution in [0.2, 0.25) is 0 Å². The van der Waals surface area contributed by atoms with Crippen LogP contribution in [0.4, 0.5) is 19.0 Å². The van der Waals surface area contributed by atoms with Gasteiger partial charge in [-0.15, -0.1) is 13.2 Å². The molecule has 0 atom stereocenters. The van der Waals surface area contributed by atoms with Gasteiger partial charge in [0.2, 0.25) is 0 Å². The molecule has 4 rings (SSSR count). The molecule has 0 saturated heterocycles. The van der Waals surface area contributed by atoms with Crippen LogP contribution < -0.4 is 14.4 Å².